The second-order valence-corrected chi connectivity index (χ2v) is 5.02. The average molecular weight is 258 g/mol. The van der Waals surface area contributed by atoms with E-state index in [1.807, 2.05) is 17.5 Å². The Labute approximate surface area is 108 Å². The average Bonchev–Trinajstić information content (AvgIpc) is 2.85. The number of nitrogens with two attached hydrogens (primary N) is 1. The van der Waals surface area contributed by atoms with Crippen LogP contribution in [0.3, 0.4) is 0 Å². The first-order valence-electron chi connectivity index (χ1n) is 5.59. The molecular weight excluding hydrogens is 247 g/mol. The molecule has 0 saturated heterocycles. The van der Waals surface area contributed by atoms with Gasteiger partial charge in [-0.25, -0.2) is 4.39 Å². The van der Waals surface area contributed by atoms with Gasteiger partial charge in [0.2, 0.25) is 0 Å². The largest absolute Gasteiger partial charge is 0.320 e. The first-order chi connectivity index (χ1) is 8.75. The molecule has 2 aromatic heterocycles. The van der Waals surface area contributed by atoms with Gasteiger partial charge in [0, 0.05) is 11.8 Å². The molecule has 0 aliphatic heterocycles. The lowest BCUT2D eigenvalue weighted by Crippen LogP contribution is -2.13. The molecule has 0 aliphatic carbocycles. The van der Waals surface area contributed by atoms with Crippen LogP contribution in [0.15, 0.2) is 48.0 Å². The van der Waals surface area contributed by atoms with Gasteiger partial charge in [0.25, 0.3) is 0 Å². The van der Waals surface area contributed by atoms with Crippen molar-refractivity contribution in [3.05, 3.63) is 64.9 Å². The summed E-state index contributed by atoms with van der Waals surface area (Å²) in [7, 11) is 0. The van der Waals surface area contributed by atoms with E-state index in [4.69, 9.17) is 5.73 Å². The zero-order valence-electron chi connectivity index (χ0n) is 9.51. The number of benzene rings is 1. The van der Waals surface area contributed by atoms with E-state index in [1.54, 1.807) is 35.7 Å². The number of thiophene rings is 1. The van der Waals surface area contributed by atoms with Crippen LogP contribution in [0.2, 0.25) is 0 Å². The minimum Gasteiger partial charge on any atom is -0.320 e. The SMILES string of the molecule is NC(c1cnc2ccsc2c1)c1ccccc1F. The minimum atomic E-state index is -0.481. The summed E-state index contributed by atoms with van der Waals surface area (Å²) >= 11 is 1.61. The highest BCUT2D eigenvalue weighted by Gasteiger charge is 2.14. The van der Waals surface area contributed by atoms with E-state index in [0.717, 1.165) is 15.8 Å². The topological polar surface area (TPSA) is 38.9 Å². The maximum atomic E-state index is 13.7. The Kier molecular flexibility index (Phi) is 2.81. The number of fused-ring (bicyclic) bond motifs is 1. The summed E-state index contributed by atoms with van der Waals surface area (Å²) in [4.78, 5) is 4.33. The number of halogens is 1. The second-order valence-electron chi connectivity index (χ2n) is 4.07. The Morgan fingerprint density at radius 2 is 2.06 bits per heavy atom. The van der Waals surface area contributed by atoms with E-state index >= 15 is 0 Å². The zero-order valence-corrected chi connectivity index (χ0v) is 10.3. The van der Waals surface area contributed by atoms with Gasteiger partial charge in [0.1, 0.15) is 5.82 Å². The number of aromatic nitrogens is 1. The summed E-state index contributed by atoms with van der Waals surface area (Å²) < 4.78 is 14.8. The molecule has 90 valence electrons. The lowest BCUT2D eigenvalue weighted by atomic mass is 10.0. The molecule has 0 radical (unpaired) electrons. The van der Waals surface area contributed by atoms with Crippen molar-refractivity contribution < 1.29 is 4.39 Å². The van der Waals surface area contributed by atoms with Crippen molar-refractivity contribution in [3.8, 4) is 0 Å². The van der Waals surface area contributed by atoms with E-state index in [1.165, 1.54) is 6.07 Å². The van der Waals surface area contributed by atoms with Crippen LogP contribution in [0.25, 0.3) is 10.2 Å². The highest BCUT2D eigenvalue weighted by Crippen LogP contribution is 2.26. The van der Waals surface area contributed by atoms with E-state index in [0.29, 0.717) is 5.56 Å². The van der Waals surface area contributed by atoms with Crippen molar-refractivity contribution in [1.29, 1.82) is 0 Å². The summed E-state index contributed by atoms with van der Waals surface area (Å²) in [6, 6.07) is 10.0. The molecule has 1 aromatic carbocycles. The molecule has 1 unspecified atom stereocenters. The molecule has 3 rings (SSSR count). The van der Waals surface area contributed by atoms with Gasteiger partial charge in [0.05, 0.1) is 16.3 Å². The first-order valence-corrected chi connectivity index (χ1v) is 6.47. The van der Waals surface area contributed by atoms with E-state index in [2.05, 4.69) is 4.98 Å². The lowest BCUT2D eigenvalue weighted by molar-refractivity contribution is 0.599. The normalized spacial score (nSPS) is 12.8. The highest BCUT2D eigenvalue weighted by atomic mass is 32.1. The van der Waals surface area contributed by atoms with Gasteiger partial charge in [-0.15, -0.1) is 11.3 Å². The van der Waals surface area contributed by atoms with Crippen LogP contribution < -0.4 is 5.73 Å². The molecule has 0 aliphatic rings. The minimum absolute atomic E-state index is 0.281. The number of nitrogens with zero attached hydrogens (tertiary/aromatic N) is 1. The van der Waals surface area contributed by atoms with Crippen molar-refractivity contribution in [3.63, 3.8) is 0 Å². The standard InChI is InChI=1S/C14H11FN2S/c15-11-4-2-1-3-10(11)14(16)9-7-13-12(17-8-9)5-6-18-13/h1-8,14H,16H2. The van der Waals surface area contributed by atoms with Gasteiger partial charge < -0.3 is 5.73 Å². The number of rotatable bonds is 2. The molecule has 18 heavy (non-hydrogen) atoms. The van der Waals surface area contributed by atoms with Gasteiger partial charge in [0.15, 0.2) is 0 Å². The third-order valence-electron chi connectivity index (χ3n) is 2.92. The molecule has 1 atom stereocenters. The summed E-state index contributed by atoms with van der Waals surface area (Å²) in [5, 5.41) is 1.98. The van der Waals surface area contributed by atoms with E-state index < -0.39 is 6.04 Å². The van der Waals surface area contributed by atoms with Crippen molar-refractivity contribution in [2.75, 3.05) is 0 Å². The van der Waals surface area contributed by atoms with Crippen LogP contribution in [-0.2, 0) is 0 Å². The van der Waals surface area contributed by atoms with Gasteiger partial charge in [-0.1, -0.05) is 18.2 Å². The summed E-state index contributed by atoms with van der Waals surface area (Å²) in [6.45, 7) is 0. The molecule has 2 nitrogen and oxygen atoms in total. The van der Waals surface area contributed by atoms with Crippen LogP contribution in [0.1, 0.15) is 17.2 Å². The van der Waals surface area contributed by atoms with Crippen LogP contribution in [0.5, 0.6) is 0 Å². The van der Waals surface area contributed by atoms with Gasteiger partial charge in [-0.05, 0) is 29.1 Å². The quantitative estimate of drug-likeness (QED) is 0.764. The summed E-state index contributed by atoms with van der Waals surface area (Å²) in [5.74, 6) is -0.281. The Bertz CT molecular complexity index is 693. The number of hydrogen-bond donors (Lipinski definition) is 1. The third kappa shape index (κ3) is 1.89. The Balaban J connectivity index is 2.06. The Hall–Kier alpha value is -1.78. The van der Waals surface area contributed by atoms with Crippen LogP contribution in [-0.4, -0.2) is 4.98 Å². The predicted molar refractivity (Wildman–Crippen MR) is 72.1 cm³/mol. The van der Waals surface area contributed by atoms with Crippen LogP contribution in [0, 0.1) is 5.82 Å². The zero-order chi connectivity index (χ0) is 12.5. The maximum absolute atomic E-state index is 13.7. The van der Waals surface area contributed by atoms with Crippen LogP contribution >= 0.6 is 11.3 Å². The Morgan fingerprint density at radius 3 is 2.89 bits per heavy atom. The number of hydrogen-bond acceptors (Lipinski definition) is 3. The molecule has 0 fully saturated rings. The third-order valence-corrected chi connectivity index (χ3v) is 3.78. The van der Waals surface area contributed by atoms with Crippen molar-refractivity contribution in [2.24, 2.45) is 5.73 Å². The monoisotopic (exact) mass is 258 g/mol. The lowest BCUT2D eigenvalue weighted by Gasteiger charge is -2.12. The Morgan fingerprint density at radius 1 is 1.22 bits per heavy atom. The molecule has 0 amide bonds. The molecule has 2 N–H and O–H groups in total. The molecule has 3 aromatic rings. The van der Waals surface area contributed by atoms with Crippen LogP contribution in [0.4, 0.5) is 4.39 Å². The smallest absolute Gasteiger partial charge is 0.128 e. The fourth-order valence-electron chi connectivity index (χ4n) is 1.94. The molecular formula is C14H11FN2S. The van der Waals surface area contributed by atoms with Crippen molar-refractivity contribution in [1.82, 2.24) is 4.98 Å². The van der Waals surface area contributed by atoms with E-state index in [9.17, 15) is 4.39 Å². The van der Waals surface area contributed by atoms with E-state index in [-0.39, 0.29) is 5.82 Å². The predicted octanol–water partition coefficient (Wildman–Crippen LogP) is 3.48. The maximum Gasteiger partial charge on any atom is 0.128 e. The molecule has 2 heterocycles. The van der Waals surface area contributed by atoms with Gasteiger partial charge in [-0.3, -0.25) is 4.98 Å². The first kappa shape index (κ1) is 11.3. The summed E-state index contributed by atoms with van der Waals surface area (Å²) in [5.41, 5.74) is 8.37. The van der Waals surface area contributed by atoms with Gasteiger partial charge >= 0.3 is 0 Å². The fourth-order valence-corrected chi connectivity index (χ4v) is 2.73. The highest BCUT2D eigenvalue weighted by molar-refractivity contribution is 7.17. The molecule has 0 bridgehead atoms. The molecule has 0 saturated carbocycles. The molecule has 0 spiro atoms. The second kappa shape index (κ2) is 4.48. The number of pyridine rings is 1. The fraction of sp³-hybridized carbons (Fsp3) is 0.0714. The van der Waals surface area contributed by atoms with Crippen molar-refractivity contribution >= 4 is 21.6 Å². The molecule has 4 heteroatoms. The van der Waals surface area contributed by atoms with Crippen molar-refractivity contribution in [2.45, 2.75) is 6.04 Å². The summed E-state index contributed by atoms with van der Waals surface area (Å²) in [6.07, 6.45) is 1.71. The van der Waals surface area contributed by atoms with Gasteiger partial charge in [-0.2, -0.15) is 0 Å².